The molecule has 0 amide bonds. The molecule has 0 aliphatic carbocycles. The van der Waals surface area contributed by atoms with Crippen LogP contribution in [0.15, 0.2) is 75.9 Å². The molecule has 0 saturated heterocycles. The second-order valence-electron chi connectivity index (χ2n) is 6.86. The lowest BCUT2D eigenvalue weighted by Gasteiger charge is -2.12. The van der Waals surface area contributed by atoms with Gasteiger partial charge >= 0.3 is 5.63 Å². The molecule has 0 aliphatic heterocycles. The lowest BCUT2D eigenvalue weighted by atomic mass is 9.95. The largest absolute Gasteiger partial charge is 0.423 e. The van der Waals surface area contributed by atoms with Gasteiger partial charge in [-0.05, 0) is 36.0 Å². The number of rotatable bonds is 6. The molecule has 0 saturated carbocycles. The highest BCUT2D eigenvalue weighted by Crippen LogP contribution is 2.23. The number of aryl methyl sites for hydroxylation is 1. The molecular formula is C23H24O2. The van der Waals surface area contributed by atoms with Crippen LogP contribution >= 0.6 is 0 Å². The van der Waals surface area contributed by atoms with E-state index in [1.54, 1.807) is 0 Å². The molecule has 1 heterocycles. The smallest absolute Gasteiger partial charge is 0.340 e. The van der Waals surface area contributed by atoms with Gasteiger partial charge in [-0.25, -0.2) is 4.79 Å². The third kappa shape index (κ3) is 4.48. The Bertz CT molecular complexity index is 862. The molecule has 0 spiro atoms. The lowest BCUT2D eigenvalue weighted by molar-refractivity contribution is 0.510. The van der Waals surface area contributed by atoms with Crippen LogP contribution in [0.2, 0.25) is 0 Å². The highest BCUT2D eigenvalue weighted by Gasteiger charge is 2.14. The van der Waals surface area contributed by atoms with E-state index in [1.807, 2.05) is 48.5 Å². The fourth-order valence-corrected chi connectivity index (χ4v) is 2.96. The molecule has 1 aromatic heterocycles. The van der Waals surface area contributed by atoms with Gasteiger partial charge in [0.2, 0.25) is 0 Å². The van der Waals surface area contributed by atoms with Crippen molar-refractivity contribution in [2.75, 3.05) is 0 Å². The average molecular weight is 332 g/mol. The summed E-state index contributed by atoms with van der Waals surface area (Å²) in [7, 11) is 0. The van der Waals surface area contributed by atoms with E-state index in [-0.39, 0.29) is 5.63 Å². The van der Waals surface area contributed by atoms with Gasteiger partial charge in [0.15, 0.2) is 0 Å². The van der Waals surface area contributed by atoms with Gasteiger partial charge in [0.1, 0.15) is 5.76 Å². The van der Waals surface area contributed by atoms with Gasteiger partial charge in [-0.3, -0.25) is 0 Å². The first kappa shape index (κ1) is 17.2. The predicted octanol–water partition coefficient (Wildman–Crippen LogP) is 5.49. The van der Waals surface area contributed by atoms with Crippen LogP contribution in [-0.2, 0) is 12.8 Å². The maximum atomic E-state index is 12.7. The van der Waals surface area contributed by atoms with E-state index in [0.717, 1.165) is 35.1 Å². The maximum absolute atomic E-state index is 12.7. The number of benzene rings is 2. The van der Waals surface area contributed by atoms with Crippen LogP contribution in [0.1, 0.15) is 37.0 Å². The van der Waals surface area contributed by atoms with Crippen molar-refractivity contribution < 1.29 is 4.42 Å². The minimum absolute atomic E-state index is 0.219. The Morgan fingerprint density at radius 3 is 2.20 bits per heavy atom. The van der Waals surface area contributed by atoms with Crippen LogP contribution < -0.4 is 5.63 Å². The van der Waals surface area contributed by atoms with Crippen LogP contribution in [0.4, 0.5) is 0 Å². The summed E-state index contributed by atoms with van der Waals surface area (Å²) < 4.78 is 5.66. The highest BCUT2D eigenvalue weighted by molar-refractivity contribution is 5.58. The zero-order valence-corrected chi connectivity index (χ0v) is 14.9. The molecule has 0 radical (unpaired) electrons. The molecule has 0 atom stereocenters. The summed E-state index contributed by atoms with van der Waals surface area (Å²) in [6.07, 6.45) is 2.57. The summed E-state index contributed by atoms with van der Waals surface area (Å²) in [5.74, 6) is 1.25. The van der Waals surface area contributed by atoms with Crippen molar-refractivity contribution >= 4 is 0 Å². The summed E-state index contributed by atoms with van der Waals surface area (Å²) in [5.41, 5.74) is 3.74. The summed E-state index contributed by atoms with van der Waals surface area (Å²) in [6, 6.07) is 22.0. The maximum Gasteiger partial charge on any atom is 0.340 e. The second kappa shape index (κ2) is 7.98. The first-order chi connectivity index (χ1) is 12.1. The van der Waals surface area contributed by atoms with Crippen LogP contribution in [0.5, 0.6) is 0 Å². The molecule has 0 aliphatic rings. The Morgan fingerprint density at radius 1 is 0.920 bits per heavy atom. The van der Waals surface area contributed by atoms with E-state index in [9.17, 15) is 4.79 Å². The van der Waals surface area contributed by atoms with Crippen LogP contribution in [-0.4, -0.2) is 0 Å². The molecule has 0 unspecified atom stereocenters. The van der Waals surface area contributed by atoms with Crippen molar-refractivity contribution in [2.45, 2.75) is 33.1 Å². The van der Waals surface area contributed by atoms with Crippen molar-refractivity contribution in [3.8, 4) is 11.3 Å². The Labute approximate surface area is 149 Å². The first-order valence-corrected chi connectivity index (χ1v) is 8.88. The van der Waals surface area contributed by atoms with Crippen molar-refractivity contribution in [1.82, 2.24) is 0 Å². The van der Waals surface area contributed by atoms with Crippen LogP contribution in [0.3, 0.4) is 0 Å². The van der Waals surface area contributed by atoms with E-state index in [0.29, 0.717) is 18.1 Å². The summed E-state index contributed by atoms with van der Waals surface area (Å²) in [4.78, 5) is 12.7. The lowest BCUT2D eigenvalue weighted by Crippen LogP contribution is -2.13. The van der Waals surface area contributed by atoms with Crippen molar-refractivity contribution in [3.63, 3.8) is 0 Å². The van der Waals surface area contributed by atoms with Crippen LogP contribution in [0, 0.1) is 5.92 Å². The van der Waals surface area contributed by atoms with E-state index in [4.69, 9.17) is 4.42 Å². The van der Waals surface area contributed by atoms with Gasteiger partial charge in [0, 0.05) is 17.5 Å². The highest BCUT2D eigenvalue weighted by atomic mass is 16.4. The second-order valence-corrected chi connectivity index (χ2v) is 6.86. The first-order valence-electron chi connectivity index (χ1n) is 8.88. The molecule has 0 N–H and O–H groups in total. The molecule has 128 valence electrons. The van der Waals surface area contributed by atoms with E-state index in [1.165, 1.54) is 0 Å². The fraction of sp³-hybridized carbons (Fsp3) is 0.261. The van der Waals surface area contributed by atoms with E-state index >= 15 is 0 Å². The minimum atomic E-state index is -0.219. The topological polar surface area (TPSA) is 30.2 Å². The van der Waals surface area contributed by atoms with Gasteiger partial charge in [-0.2, -0.15) is 0 Å². The molecule has 0 bridgehead atoms. The third-order valence-electron chi connectivity index (χ3n) is 4.42. The van der Waals surface area contributed by atoms with E-state index < -0.39 is 0 Å². The standard InChI is InChI=1S/C23H24O2/c1-17(2)13-14-20-16-22(19-11-7-4-8-12-19)25-23(24)21(20)15-18-9-5-3-6-10-18/h3-12,16-17H,13-15H2,1-2H3. The monoisotopic (exact) mass is 332 g/mol. The summed E-state index contributed by atoms with van der Waals surface area (Å²) in [6.45, 7) is 4.42. The molecular weight excluding hydrogens is 308 g/mol. The van der Waals surface area contributed by atoms with Crippen molar-refractivity contribution in [3.05, 3.63) is 93.8 Å². The van der Waals surface area contributed by atoms with Gasteiger partial charge in [-0.1, -0.05) is 74.5 Å². The quantitative estimate of drug-likeness (QED) is 0.598. The van der Waals surface area contributed by atoms with Gasteiger partial charge in [0.25, 0.3) is 0 Å². The number of hydrogen-bond acceptors (Lipinski definition) is 2. The Morgan fingerprint density at radius 2 is 1.56 bits per heavy atom. The number of hydrogen-bond donors (Lipinski definition) is 0. The Balaban J connectivity index is 2.02. The Hall–Kier alpha value is -2.61. The normalized spacial score (nSPS) is 11.0. The zero-order valence-electron chi connectivity index (χ0n) is 14.9. The van der Waals surface area contributed by atoms with Gasteiger partial charge in [-0.15, -0.1) is 0 Å². The molecule has 25 heavy (non-hydrogen) atoms. The van der Waals surface area contributed by atoms with E-state index in [2.05, 4.69) is 32.0 Å². The molecule has 2 nitrogen and oxygen atoms in total. The van der Waals surface area contributed by atoms with Gasteiger partial charge in [0.05, 0.1) is 0 Å². The summed E-state index contributed by atoms with van der Waals surface area (Å²) in [5, 5.41) is 0. The van der Waals surface area contributed by atoms with Crippen LogP contribution in [0.25, 0.3) is 11.3 Å². The van der Waals surface area contributed by atoms with Gasteiger partial charge < -0.3 is 4.42 Å². The average Bonchev–Trinajstić information content (AvgIpc) is 2.63. The van der Waals surface area contributed by atoms with Crippen molar-refractivity contribution in [2.24, 2.45) is 5.92 Å². The molecule has 3 aromatic rings. The predicted molar refractivity (Wildman–Crippen MR) is 103 cm³/mol. The minimum Gasteiger partial charge on any atom is -0.423 e. The molecule has 3 rings (SSSR count). The summed E-state index contributed by atoms with van der Waals surface area (Å²) >= 11 is 0. The zero-order chi connectivity index (χ0) is 17.6. The third-order valence-corrected chi connectivity index (χ3v) is 4.42. The fourth-order valence-electron chi connectivity index (χ4n) is 2.96. The SMILES string of the molecule is CC(C)CCc1cc(-c2ccccc2)oc(=O)c1Cc1ccccc1. The van der Waals surface area contributed by atoms with Crippen molar-refractivity contribution in [1.29, 1.82) is 0 Å². The Kier molecular flexibility index (Phi) is 5.49. The molecule has 2 heteroatoms. The molecule has 0 fully saturated rings. The molecule has 2 aromatic carbocycles.